The molecule has 0 saturated heterocycles. The molecule has 0 aliphatic rings. The molecular formula is C16H12N4O4. The summed E-state index contributed by atoms with van der Waals surface area (Å²) in [5.41, 5.74) is 0.239. The maximum Gasteiger partial charge on any atom is 0.273 e. The normalized spacial score (nSPS) is 11.2. The third-order valence-electron chi connectivity index (χ3n) is 3.46. The van der Waals surface area contributed by atoms with E-state index in [2.05, 4.69) is 15.2 Å². The summed E-state index contributed by atoms with van der Waals surface area (Å²) >= 11 is 0. The van der Waals surface area contributed by atoms with E-state index in [1.807, 2.05) is 0 Å². The van der Waals surface area contributed by atoms with Crippen LogP contribution in [0.2, 0.25) is 0 Å². The van der Waals surface area contributed by atoms with Crippen LogP contribution >= 0.6 is 0 Å². The van der Waals surface area contributed by atoms with Crippen LogP contribution in [-0.2, 0) is 0 Å². The number of phenolic OH excluding ortho intramolecular Hbond substituents is 1. The minimum Gasteiger partial charge on any atom is -0.505 e. The summed E-state index contributed by atoms with van der Waals surface area (Å²) in [7, 11) is 0. The molecule has 0 atom stereocenters. The fourth-order valence-corrected chi connectivity index (χ4v) is 2.24. The number of aryl methyl sites for hydroxylation is 1. The fraction of sp³-hybridized carbons (Fsp3) is 0.0625. The van der Waals surface area contributed by atoms with Crippen molar-refractivity contribution in [1.82, 2.24) is 4.98 Å². The third-order valence-corrected chi connectivity index (χ3v) is 3.46. The Kier molecular flexibility index (Phi) is 3.78. The molecule has 24 heavy (non-hydrogen) atoms. The number of benzene rings is 2. The zero-order valence-corrected chi connectivity index (χ0v) is 12.5. The predicted molar refractivity (Wildman–Crippen MR) is 87.1 cm³/mol. The van der Waals surface area contributed by atoms with Crippen molar-refractivity contribution in [3.8, 4) is 11.5 Å². The molecule has 2 aromatic carbocycles. The van der Waals surface area contributed by atoms with Crippen LogP contribution in [0.5, 0.6) is 11.5 Å². The van der Waals surface area contributed by atoms with Crippen LogP contribution in [0, 0.1) is 17.0 Å². The number of nitro benzene ring substituents is 1. The van der Waals surface area contributed by atoms with Crippen molar-refractivity contribution in [2.45, 2.75) is 6.92 Å². The molecule has 0 amide bonds. The van der Waals surface area contributed by atoms with Crippen LogP contribution < -0.4 is 0 Å². The van der Waals surface area contributed by atoms with Gasteiger partial charge in [0.15, 0.2) is 5.82 Å². The van der Waals surface area contributed by atoms with E-state index in [-0.39, 0.29) is 28.7 Å². The van der Waals surface area contributed by atoms with Crippen molar-refractivity contribution in [1.29, 1.82) is 0 Å². The fourth-order valence-electron chi connectivity index (χ4n) is 2.24. The topological polar surface area (TPSA) is 121 Å². The van der Waals surface area contributed by atoms with E-state index in [0.29, 0.717) is 16.5 Å². The number of nitro groups is 1. The van der Waals surface area contributed by atoms with Gasteiger partial charge >= 0.3 is 0 Å². The average Bonchev–Trinajstić information content (AvgIpc) is 2.57. The minimum absolute atomic E-state index is 0.0720. The largest absolute Gasteiger partial charge is 0.505 e. The zero-order valence-electron chi connectivity index (χ0n) is 12.5. The minimum atomic E-state index is -0.612. The lowest BCUT2D eigenvalue weighted by Gasteiger charge is -2.06. The van der Waals surface area contributed by atoms with Gasteiger partial charge in [-0.1, -0.05) is 24.3 Å². The van der Waals surface area contributed by atoms with Crippen LogP contribution in [0.1, 0.15) is 5.69 Å². The van der Waals surface area contributed by atoms with E-state index in [1.165, 1.54) is 12.1 Å². The van der Waals surface area contributed by atoms with Crippen molar-refractivity contribution in [2.75, 3.05) is 0 Å². The van der Waals surface area contributed by atoms with Gasteiger partial charge in [0, 0.05) is 16.8 Å². The van der Waals surface area contributed by atoms with Gasteiger partial charge in [-0.25, -0.2) is 4.98 Å². The van der Waals surface area contributed by atoms with E-state index in [4.69, 9.17) is 0 Å². The van der Waals surface area contributed by atoms with Gasteiger partial charge in [0.25, 0.3) is 5.69 Å². The highest BCUT2D eigenvalue weighted by Gasteiger charge is 2.12. The summed E-state index contributed by atoms with van der Waals surface area (Å²) in [5.74, 6) is -0.00542. The lowest BCUT2D eigenvalue weighted by molar-refractivity contribution is -0.384. The van der Waals surface area contributed by atoms with Gasteiger partial charge in [0.05, 0.1) is 16.7 Å². The smallest absolute Gasteiger partial charge is 0.273 e. The summed E-state index contributed by atoms with van der Waals surface area (Å²) in [5, 5.41) is 39.6. The zero-order chi connectivity index (χ0) is 17.3. The lowest BCUT2D eigenvalue weighted by atomic mass is 10.1. The quantitative estimate of drug-likeness (QED) is 0.423. The highest BCUT2D eigenvalue weighted by Crippen LogP contribution is 2.35. The van der Waals surface area contributed by atoms with Gasteiger partial charge in [-0.3, -0.25) is 10.1 Å². The molecule has 0 fully saturated rings. The first-order valence-electron chi connectivity index (χ1n) is 6.95. The van der Waals surface area contributed by atoms with Crippen LogP contribution in [-0.4, -0.2) is 20.1 Å². The molecule has 3 aromatic rings. The Labute approximate surface area is 135 Å². The number of fused-ring (bicyclic) bond motifs is 1. The number of phenols is 1. The van der Waals surface area contributed by atoms with E-state index in [0.717, 1.165) is 6.07 Å². The average molecular weight is 324 g/mol. The number of pyridine rings is 1. The highest BCUT2D eigenvalue weighted by molar-refractivity contribution is 5.95. The Morgan fingerprint density at radius 3 is 2.46 bits per heavy atom. The van der Waals surface area contributed by atoms with Crippen molar-refractivity contribution in [2.24, 2.45) is 10.2 Å². The Bertz CT molecular complexity index is 985. The summed E-state index contributed by atoms with van der Waals surface area (Å²) in [6, 6.07) is 10.6. The molecule has 0 saturated carbocycles. The Balaban J connectivity index is 2.06. The molecule has 0 unspecified atom stereocenters. The van der Waals surface area contributed by atoms with Crippen molar-refractivity contribution >= 4 is 28.0 Å². The monoisotopic (exact) mass is 324 g/mol. The molecule has 1 aromatic heterocycles. The van der Waals surface area contributed by atoms with Crippen LogP contribution in [0.15, 0.2) is 52.7 Å². The van der Waals surface area contributed by atoms with E-state index >= 15 is 0 Å². The predicted octanol–water partition coefficient (Wildman–Crippen LogP) is 4.28. The van der Waals surface area contributed by atoms with Gasteiger partial charge in [0.1, 0.15) is 17.2 Å². The van der Waals surface area contributed by atoms with E-state index in [1.54, 1.807) is 31.2 Å². The summed E-state index contributed by atoms with van der Waals surface area (Å²) in [6.45, 7) is 1.64. The molecule has 8 nitrogen and oxygen atoms in total. The SMILES string of the molecule is Cc1nc(N=Nc2ccc([N+](=O)[O-])cc2O)c2ccccc2c1O. The number of aromatic nitrogens is 1. The Hall–Kier alpha value is -3.55. The van der Waals surface area contributed by atoms with Crippen LogP contribution in [0.3, 0.4) is 0 Å². The molecule has 8 heteroatoms. The van der Waals surface area contributed by atoms with Crippen LogP contribution in [0.25, 0.3) is 10.8 Å². The summed E-state index contributed by atoms with van der Waals surface area (Å²) < 4.78 is 0. The van der Waals surface area contributed by atoms with Gasteiger partial charge in [-0.05, 0) is 13.0 Å². The van der Waals surface area contributed by atoms with Crippen molar-refractivity contribution < 1.29 is 15.1 Å². The van der Waals surface area contributed by atoms with Crippen LogP contribution in [0.4, 0.5) is 17.2 Å². The maximum absolute atomic E-state index is 10.7. The number of azo groups is 1. The number of nitrogens with zero attached hydrogens (tertiary/aromatic N) is 4. The molecule has 0 bridgehead atoms. The number of aromatic hydroxyl groups is 2. The first-order chi connectivity index (χ1) is 11.5. The summed E-state index contributed by atoms with van der Waals surface area (Å²) in [6.07, 6.45) is 0. The maximum atomic E-state index is 10.7. The third kappa shape index (κ3) is 2.72. The Morgan fingerprint density at radius 2 is 1.79 bits per heavy atom. The van der Waals surface area contributed by atoms with E-state index in [9.17, 15) is 20.3 Å². The standard InChI is InChI=1S/C16H12N4O4/c1-9-15(22)11-4-2-3-5-12(11)16(17-9)19-18-13-7-6-10(20(23)24)8-14(13)21/h2-8,21-22H,1H3. The molecule has 0 radical (unpaired) electrons. The second-order valence-electron chi connectivity index (χ2n) is 5.05. The van der Waals surface area contributed by atoms with Crippen molar-refractivity contribution in [3.05, 3.63) is 58.3 Å². The Morgan fingerprint density at radius 1 is 1.08 bits per heavy atom. The molecule has 0 aliphatic heterocycles. The van der Waals surface area contributed by atoms with Gasteiger partial charge in [0.2, 0.25) is 0 Å². The number of non-ortho nitro benzene ring substituents is 1. The van der Waals surface area contributed by atoms with Crippen molar-refractivity contribution in [3.63, 3.8) is 0 Å². The molecular weight excluding hydrogens is 312 g/mol. The second kappa shape index (κ2) is 5.92. The number of hydrogen-bond acceptors (Lipinski definition) is 7. The highest BCUT2D eigenvalue weighted by atomic mass is 16.6. The van der Waals surface area contributed by atoms with Gasteiger partial charge in [-0.2, -0.15) is 0 Å². The molecule has 2 N–H and O–H groups in total. The van der Waals surface area contributed by atoms with Gasteiger partial charge < -0.3 is 10.2 Å². The summed E-state index contributed by atoms with van der Waals surface area (Å²) in [4.78, 5) is 14.2. The lowest BCUT2D eigenvalue weighted by Crippen LogP contribution is -1.87. The van der Waals surface area contributed by atoms with E-state index < -0.39 is 4.92 Å². The second-order valence-corrected chi connectivity index (χ2v) is 5.05. The molecule has 1 heterocycles. The molecule has 0 aliphatic carbocycles. The first-order valence-corrected chi connectivity index (χ1v) is 6.95. The van der Waals surface area contributed by atoms with Gasteiger partial charge in [-0.15, -0.1) is 10.2 Å². The molecule has 120 valence electrons. The molecule has 3 rings (SSSR count). The first kappa shape index (κ1) is 15.3. The molecule has 0 spiro atoms. The number of hydrogen-bond donors (Lipinski definition) is 2. The number of rotatable bonds is 3.